The molecule has 0 bridgehead atoms. The Morgan fingerprint density at radius 3 is 2.36 bits per heavy atom. The van der Waals surface area contributed by atoms with Crippen LogP contribution in [0.15, 0.2) is 24.3 Å². The third kappa shape index (κ3) is 2.59. The van der Waals surface area contributed by atoms with E-state index >= 15 is 0 Å². The van der Waals surface area contributed by atoms with Crippen LogP contribution < -0.4 is 4.18 Å². The average molecular weight is 170 g/mol. The molecule has 0 aliphatic heterocycles. The van der Waals surface area contributed by atoms with Gasteiger partial charge in [0.05, 0.1) is 0 Å². The van der Waals surface area contributed by atoms with E-state index in [4.69, 9.17) is 4.78 Å². The second-order valence-electron chi connectivity index (χ2n) is 2.13. The van der Waals surface area contributed by atoms with Crippen molar-refractivity contribution in [3.63, 3.8) is 0 Å². The van der Waals surface area contributed by atoms with Crippen LogP contribution in [-0.2, 0) is 15.1 Å². The number of benzene rings is 1. The fourth-order valence-electron chi connectivity index (χ4n) is 0.681. The molecule has 1 aromatic carbocycles. The highest BCUT2D eigenvalue weighted by atomic mass is 32.2. The van der Waals surface area contributed by atoms with Gasteiger partial charge < -0.3 is 13.2 Å². The first-order valence-electron chi connectivity index (χ1n) is 3.06. The van der Waals surface area contributed by atoms with Crippen molar-refractivity contribution >= 4 is 10.9 Å². The Kier molecular flexibility index (Phi) is 2.48. The molecule has 0 atom stereocenters. The maximum absolute atomic E-state index is 10.3. The van der Waals surface area contributed by atoms with Gasteiger partial charge >= 0.3 is 0 Å². The quantitative estimate of drug-likeness (QED) is 0.690. The van der Waals surface area contributed by atoms with Gasteiger partial charge in [0.2, 0.25) is 0 Å². The molecule has 0 amide bonds. The number of nitrogens with one attached hydrogen (secondary N) is 1. The summed E-state index contributed by atoms with van der Waals surface area (Å²) in [7, 11) is -1.97. The Bertz CT molecular complexity index is 295. The van der Waals surface area contributed by atoms with Gasteiger partial charge in [0.15, 0.2) is 0 Å². The summed E-state index contributed by atoms with van der Waals surface area (Å²) < 4.78 is 21.5. The van der Waals surface area contributed by atoms with Crippen molar-refractivity contribution in [2.45, 2.75) is 6.92 Å². The summed E-state index contributed by atoms with van der Waals surface area (Å²) in [4.78, 5) is 0. The normalized spacial score (nSPS) is 10.0. The Balaban J connectivity index is 2.82. The average Bonchev–Trinajstić information content (AvgIpc) is 1.93. The Morgan fingerprint density at radius 2 is 1.91 bits per heavy atom. The molecule has 1 aromatic rings. The van der Waals surface area contributed by atoms with Gasteiger partial charge in [0, 0.05) is 0 Å². The molecule has 0 spiro atoms. The number of aryl methyl sites for hydroxylation is 1. The van der Waals surface area contributed by atoms with E-state index in [1.165, 1.54) is 0 Å². The molecule has 0 aromatic heterocycles. The lowest BCUT2D eigenvalue weighted by atomic mass is 10.2. The first-order valence-corrected chi connectivity index (χ1v) is 4.14. The lowest BCUT2D eigenvalue weighted by Crippen LogP contribution is -1.86. The largest absolute Gasteiger partial charge is 0.546 e. The SMILES string of the molecule is Cc1ccc(O[S-](=N)=O)cc1. The lowest BCUT2D eigenvalue weighted by Gasteiger charge is -2.05. The highest BCUT2D eigenvalue weighted by Gasteiger charge is 1.85. The highest BCUT2D eigenvalue weighted by molar-refractivity contribution is 7.68. The predicted molar refractivity (Wildman–Crippen MR) is 42.6 cm³/mol. The van der Waals surface area contributed by atoms with Gasteiger partial charge in [-0.15, -0.1) is 0 Å². The Hall–Kier alpha value is -1.03. The zero-order valence-corrected chi connectivity index (χ0v) is 6.85. The Labute approximate surface area is 67.2 Å². The van der Waals surface area contributed by atoms with Crippen molar-refractivity contribution in [2.75, 3.05) is 0 Å². The summed E-state index contributed by atoms with van der Waals surface area (Å²) in [5.41, 5.74) is 1.10. The van der Waals surface area contributed by atoms with Gasteiger partial charge in [-0.05, 0) is 29.9 Å². The van der Waals surface area contributed by atoms with E-state index in [1.807, 2.05) is 19.1 Å². The standard InChI is InChI=1S/C7H8NO2S/c1-6-2-4-7(5-3-6)10-11(8)9/h2-5,8H,1H3/q-1. The van der Waals surface area contributed by atoms with Gasteiger partial charge in [-0.25, -0.2) is 0 Å². The monoisotopic (exact) mass is 170 g/mol. The van der Waals surface area contributed by atoms with Crippen molar-refractivity contribution in [1.29, 1.82) is 4.78 Å². The van der Waals surface area contributed by atoms with Gasteiger partial charge in [-0.2, -0.15) is 0 Å². The van der Waals surface area contributed by atoms with E-state index in [2.05, 4.69) is 4.18 Å². The van der Waals surface area contributed by atoms with Crippen LogP contribution in [0.4, 0.5) is 0 Å². The van der Waals surface area contributed by atoms with Gasteiger partial charge in [0.1, 0.15) is 5.75 Å². The van der Waals surface area contributed by atoms with Crippen molar-refractivity contribution in [2.24, 2.45) is 0 Å². The summed E-state index contributed by atoms with van der Waals surface area (Å²) in [6, 6.07) is 7.04. The smallest absolute Gasteiger partial charge is 0.100 e. The molecule has 0 aliphatic carbocycles. The van der Waals surface area contributed by atoms with Crippen molar-refractivity contribution in [3.05, 3.63) is 29.8 Å². The molecule has 0 saturated carbocycles. The fourth-order valence-corrected chi connectivity index (χ4v) is 0.967. The van der Waals surface area contributed by atoms with E-state index in [1.54, 1.807) is 12.1 Å². The van der Waals surface area contributed by atoms with E-state index in [-0.39, 0.29) is 0 Å². The van der Waals surface area contributed by atoms with Gasteiger partial charge in [-0.3, -0.25) is 0 Å². The second-order valence-corrected chi connectivity index (χ2v) is 2.77. The lowest BCUT2D eigenvalue weighted by molar-refractivity contribution is 0.526. The van der Waals surface area contributed by atoms with E-state index in [0.29, 0.717) is 5.75 Å². The van der Waals surface area contributed by atoms with E-state index < -0.39 is 10.9 Å². The van der Waals surface area contributed by atoms with Crippen molar-refractivity contribution < 1.29 is 8.39 Å². The molecule has 3 nitrogen and oxygen atoms in total. The molecule has 1 N–H and O–H groups in total. The summed E-state index contributed by atoms with van der Waals surface area (Å²) in [6.07, 6.45) is 0. The van der Waals surface area contributed by atoms with Crippen LogP contribution in [0.1, 0.15) is 5.56 Å². The van der Waals surface area contributed by atoms with Crippen LogP contribution in [0.3, 0.4) is 0 Å². The molecular formula is C7H8NO2S-. The third-order valence-electron chi connectivity index (χ3n) is 1.19. The minimum atomic E-state index is -1.97. The van der Waals surface area contributed by atoms with Crippen molar-refractivity contribution in [3.8, 4) is 5.75 Å². The molecule has 60 valence electrons. The minimum absolute atomic E-state index is 0.462. The summed E-state index contributed by atoms with van der Waals surface area (Å²) >= 11 is 0. The molecule has 0 saturated heterocycles. The molecule has 4 heteroatoms. The molecule has 1 rings (SSSR count). The first kappa shape index (κ1) is 8.07. The maximum atomic E-state index is 10.3. The fraction of sp³-hybridized carbons (Fsp3) is 0.143. The molecule has 0 radical (unpaired) electrons. The van der Waals surface area contributed by atoms with Gasteiger partial charge in [0.25, 0.3) is 0 Å². The Morgan fingerprint density at radius 1 is 1.36 bits per heavy atom. The highest BCUT2D eigenvalue weighted by Crippen LogP contribution is 2.10. The summed E-state index contributed by atoms with van der Waals surface area (Å²) in [5, 5.41) is 0. The molecule has 0 fully saturated rings. The third-order valence-corrected chi connectivity index (χ3v) is 1.54. The molecule has 11 heavy (non-hydrogen) atoms. The topological polar surface area (TPSA) is 50.1 Å². The van der Waals surface area contributed by atoms with Gasteiger partial charge in [-0.1, -0.05) is 17.7 Å². The van der Waals surface area contributed by atoms with Crippen LogP contribution in [0.25, 0.3) is 0 Å². The number of rotatable bonds is 2. The molecule has 0 heterocycles. The predicted octanol–water partition coefficient (Wildman–Crippen LogP) is 2.01. The minimum Gasteiger partial charge on any atom is -0.546 e. The van der Waals surface area contributed by atoms with Crippen LogP contribution in [0.2, 0.25) is 0 Å². The van der Waals surface area contributed by atoms with E-state index in [9.17, 15) is 4.21 Å². The van der Waals surface area contributed by atoms with Crippen LogP contribution in [-0.4, -0.2) is 0 Å². The number of hydrogen-bond acceptors (Lipinski definition) is 4. The zero-order chi connectivity index (χ0) is 8.27. The zero-order valence-electron chi connectivity index (χ0n) is 6.03. The molecular weight excluding hydrogens is 162 g/mol. The summed E-state index contributed by atoms with van der Waals surface area (Å²) in [5.74, 6) is 0.462. The molecule has 0 aliphatic rings. The van der Waals surface area contributed by atoms with Crippen LogP contribution >= 0.6 is 0 Å². The van der Waals surface area contributed by atoms with E-state index in [0.717, 1.165) is 5.56 Å². The second kappa shape index (κ2) is 3.39. The first-order chi connectivity index (χ1) is 5.18. The van der Waals surface area contributed by atoms with Crippen LogP contribution in [0, 0.1) is 11.7 Å². The summed E-state index contributed by atoms with van der Waals surface area (Å²) in [6.45, 7) is 1.95. The number of hydrogen-bond donors (Lipinski definition) is 1. The maximum Gasteiger partial charge on any atom is 0.100 e. The molecule has 0 unspecified atom stereocenters. The van der Waals surface area contributed by atoms with Crippen LogP contribution in [0.5, 0.6) is 5.75 Å². The van der Waals surface area contributed by atoms with Crippen molar-refractivity contribution in [1.82, 2.24) is 0 Å².